The zero-order valence-corrected chi connectivity index (χ0v) is 12.7. The molecule has 1 saturated carbocycles. The maximum atomic E-state index is 12.7. The molecule has 5 heteroatoms. The van der Waals surface area contributed by atoms with Gasteiger partial charge in [0.1, 0.15) is 0 Å². The van der Waals surface area contributed by atoms with E-state index in [0.29, 0.717) is 18.9 Å². The molecule has 3 rings (SSSR count). The van der Waals surface area contributed by atoms with Crippen molar-refractivity contribution >= 4 is 11.9 Å². The molecule has 1 aliphatic carbocycles. The van der Waals surface area contributed by atoms with E-state index >= 15 is 0 Å². The van der Waals surface area contributed by atoms with Crippen molar-refractivity contribution < 1.29 is 14.7 Å². The Morgan fingerprint density at radius 3 is 2.29 bits per heavy atom. The average molecular weight is 294 g/mol. The lowest BCUT2D eigenvalue weighted by atomic mass is 9.81. The summed E-state index contributed by atoms with van der Waals surface area (Å²) >= 11 is 0. The van der Waals surface area contributed by atoms with Crippen LogP contribution < -0.4 is 0 Å². The number of rotatable bonds is 2. The lowest BCUT2D eigenvalue weighted by molar-refractivity contribution is -0.146. The van der Waals surface area contributed by atoms with Crippen LogP contribution in [0.4, 0.5) is 0 Å². The molecule has 2 aliphatic heterocycles. The SMILES string of the molecule is O=C(O)C1CCC(C(=O)N2CCN3CCCCC3C2)CC1. The third-order valence-electron chi connectivity index (χ3n) is 5.57. The predicted molar refractivity (Wildman–Crippen MR) is 78.9 cm³/mol. The van der Waals surface area contributed by atoms with Gasteiger partial charge in [0.2, 0.25) is 5.91 Å². The maximum Gasteiger partial charge on any atom is 0.306 e. The van der Waals surface area contributed by atoms with Gasteiger partial charge in [-0.2, -0.15) is 0 Å². The van der Waals surface area contributed by atoms with E-state index in [-0.39, 0.29) is 17.7 Å². The summed E-state index contributed by atoms with van der Waals surface area (Å²) < 4.78 is 0. The van der Waals surface area contributed by atoms with Crippen LogP contribution in [0, 0.1) is 11.8 Å². The molecule has 1 amide bonds. The Labute approximate surface area is 126 Å². The van der Waals surface area contributed by atoms with Crippen molar-refractivity contribution in [1.29, 1.82) is 0 Å². The summed E-state index contributed by atoms with van der Waals surface area (Å²) in [4.78, 5) is 28.2. The Morgan fingerprint density at radius 1 is 0.857 bits per heavy atom. The molecular formula is C16H26N2O3. The smallest absolute Gasteiger partial charge is 0.306 e. The Bertz CT molecular complexity index is 404. The zero-order chi connectivity index (χ0) is 14.8. The summed E-state index contributed by atoms with van der Waals surface area (Å²) in [5.74, 6) is -0.583. The topological polar surface area (TPSA) is 60.9 Å². The van der Waals surface area contributed by atoms with Gasteiger partial charge in [0.25, 0.3) is 0 Å². The van der Waals surface area contributed by atoms with Gasteiger partial charge < -0.3 is 10.0 Å². The number of carbonyl (C=O) groups excluding carboxylic acids is 1. The highest BCUT2D eigenvalue weighted by Crippen LogP contribution is 2.31. The van der Waals surface area contributed by atoms with Crippen molar-refractivity contribution in [2.75, 3.05) is 26.2 Å². The quantitative estimate of drug-likeness (QED) is 0.840. The number of carboxylic acids is 1. The lowest BCUT2D eigenvalue weighted by Gasteiger charge is -2.45. The fraction of sp³-hybridized carbons (Fsp3) is 0.875. The van der Waals surface area contributed by atoms with Crippen LogP contribution >= 0.6 is 0 Å². The van der Waals surface area contributed by atoms with Crippen molar-refractivity contribution in [2.45, 2.75) is 51.0 Å². The van der Waals surface area contributed by atoms with Gasteiger partial charge in [-0.3, -0.25) is 14.5 Å². The fourth-order valence-electron chi connectivity index (χ4n) is 4.20. The van der Waals surface area contributed by atoms with E-state index in [4.69, 9.17) is 5.11 Å². The van der Waals surface area contributed by atoms with E-state index in [1.807, 2.05) is 0 Å². The number of carboxylic acid groups (broad SMARTS) is 1. The summed E-state index contributed by atoms with van der Waals surface area (Å²) in [6.07, 6.45) is 6.62. The fourth-order valence-corrected chi connectivity index (χ4v) is 4.20. The molecule has 0 spiro atoms. The molecule has 0 aromatic heterocycles. The molecule has 5 nitrogen and oxygen atoms in total. The van der Waals surface area contributed by atoms with E-state index in [2.05, 4.69) is 9.80 Å². The van der Waals surface area contributed by atoms with Crippen LogP contribution in [-0.4, -0.2) is 59.0 Å². The molecule has 1 unspecified atom stereocenters. The highest BCUT2D eigenvalue weighted by molar-refractivity contribution is 5.79. The van der Waals surface area contributed by atoms with E-state index < -0.39 is 5.97 Å². The van der Waals surface area contributed by atoms with Gasteiger partial charge in [-0.15, -0.1) is 0 Å². The second-order valence-corrected chi connectivity index (χ2v) is 6.86. The van der Waals surface area contributed by atoms with Crippen molar-refractivity contribution in [3.8, 4) is 0 Å². The molecule has 0 aromatic rings. The molecule has 0 bridgehead atoms. The first-order valence-electron chi connectivity index (χ1n) is 8.41. The van der Waals surface area contributed by atoms with Gasteiger partial charge in [-0.25, -0.2) is 0 Å². The van der Waals surface area contributed by atoms with Crippen molar-refractivity contribution in [3.63, 3.8) is 0 Å². The average Bonchev–Trinajstić information content (AvgIpc) is 2.54. The minimum atomic E-state index is -0.697. The molecule has 118 valence electrons. The van der Waals surface area contributed by atoms with Crippen molar-refractivity contribution in [2.24, 2.45) is 11.8 Å². The summed E-state index contributed by atoms with van der Waals surface area (Å²) in [5.41, 5.74) is 0. The number of nitrogens with zero attached hydrogens (tertiary/aromatic N) is 2. The number of fused-ring (bicyclic) bond motifs is 1. The maximum absolute atomic E-state index is 12.7. The number of hydrogen-bond acceptors (Lipinski definition) is 3. The van der Waals surface area contributed by atoms with E-state index in [1.54, 1.807) is 0 Å². The standard InChI is InChI=1S/C16H26N2O3/c19-15(12-4-6-13(7-5-12)16(20)21)18-10-9-17-8-2-1-3-14(17)11-18/h12-14H,1-11H2,(H,20,21). The number of piperazine rings is 1. The molecule has 21 heavy (non-hydrogen) atoms. The molecule has 1 N–H and O–H groups in total. The summed E-state index contributed by atoms with van der Waals surface area (Å²) in [6.45, 7) is 3.95. The second kappa shape index (κ2) is 6.34. The lowest BCUT2D eigenvalue weighted by Crippen LogP contribution is -2.57. The summed E-state index contributed by atoms with van der Waals surface area (Å²) in [7, 11) is 0. The van der Waals surface area contributed by atoms with Gasteiger partial charge in [0, 0.05) is 31.6 Å². The van der Waals surface area contributed by atoms with Crippen LogP contribution in [0.15, 0.2) is 0 Å². The van der Waals surface area contributed by atoms with Gasteiger partial charge in [0.15, 0.2) is 0 Å². The monoisotopic (exact) mass is 294 g/mol. The molecular weight excluding hydrogens is 268 g/mol. The molecule has 3 fully saturated rings. The van der Waals surface area contributed by atoms with Crippen LogP contribution in [0.25, 0.3) is 0 Å². The predicted octanol–water partition coefficient (Wildman–Crippen LogP) is 1.57. The Hall–Kier alpha value is -1.10. The Kier molecular flexibility index (Phi) is 4.48. The van der Waals surface area contributed by atoms with Crippen LogP contribution in [0.5, 0.6) is 0 Å². The number of carbonyl (C=O) groups is 2. The van der Waals surface area contributed by atoms with Crippen molar-refractivity contribution in [1.82, 2.24) is 9.80 Å². The largest absolute Gasteiger partial charge is 0.481 e. The van der Waals surface area contributed by atoms with E-state index in [0.717, 1.165) is 32.5 Å². The normalized spacial score (nSPS) is 34.3. The molecule has 2 saturated heterocycles. The van der Waals surface area contributed by atoms with Gasteiger partial charge >= 0.3 is 5.97 Å². The molecule has 1 atom stereocenters. The first kappa shape index (κ1) is 14.8. The number of hydrogen-bond donors (Lipinski definition) is 1. The minimum Gasteiger partial charge on any atom is -0.481 e. The zero-order valence-electron chi connectivity index (χ0n) is 12.7. The summed E-state index contributed by atoms with van der Waals surface area (Å²) in [6, 6.07) is 0.562. The first-order chi connectivity index (χ1) is 10.1. The van der Waals surface area contributed by atoms with Crippen LogP contribution in [-0.2, 0) is 9.59 Å². The first-order valence-corrected chi connectivity index (χ1v) is 8.41. The molecule has 3 aliphatic rings. The third kappa shape index (κ3) is 3.23. The second-order valence-electron chi connectivity index (χ2n) is 6.86. The minimum absolute atomic E-state index is 0.0655. The van der Waals surface area contributed by atoms with Crippen LogP contribution in [0.2, 0.25) is 0 Å². The van der Waals surface area contributed by atoms with Crippen LogP contribution in [0.1, 0.15) is 44.9 Å². The highest BCUT2D eigenvalue weighted by atomic mass is 16.4. The summed E-state index contributed by atoms with van der Waals surface area (Å²) in [5, 5.41) is 9.04. The van der Waals surface area contributed by atoms with Gasteiger partial charge in [0.05, 0.1) is 5.92 Å². The highest BCUT2D eigenvalue weighted by Gasteiger charge is 2.36. The van der Waals surface area contributed by atoms with Gasteiger partial charge in [-0.05, 0) is 45.1 Å². The Morgan fingerprint density at radius 2 is 1.57 bits per heavy atom. The molecule has 0 aromatic carbocycles. The van der Waals surface area contributed by atoms with E-state index in [1.165, 1.54) is 25.8 Å². The number of amides is 1. The number of piperidine rings is 1. The molecule has 2 heterocycles. The van der Waals surface area contributed by atoms with Gasteiger partial charge in [-0.1, -0.05) is 6.42 Å². The van der Waals surface area contributed by atoms with E-state index in [9.17, 15) is 9.59 Å². The Balaban J connectivity index is 1.53. The van der Waals surface area contributed by atoms with Crippen molar-refractivity contribution in [3.05, 3.63) is 0 Å². The number of aliphatic carboxylic acids is 1. The third-order valence-corrected chi connectivity index (χ3v) is 5.57. The molecule has 0 radical (unpaired) electrons. The van der Waals surface area contributed by atoms with Crippen LogP contribution in [0.3, 0.4) is 0 Å².